The fourth-order valence-corrected chi connectivity index (χ4v) is 8.28. The van der Waals surface area contributed by atoms with Crippen molar-refractivity contribution in [3.63, 3.8) is 0 Å². The minimum Gasteiger partial charge on any atom is -0.460 e. The number of carbonyl (C=O) groups excluding carboxylic acids is 7. The van der Waals surface area contributed by atoms with Crippen LogP contribution in [0, 0.1) is 23.7 Å². The monoisotopic (exact) mass is 995 g/mol. The van der Waals surface area contributed by atoms with Crippen molar-refractivity contribution in [2.75, 3.05) is 34.7 Å². The molecule has 2 aromatic rings. The number of rotatable bonds is 12. The zero-order valence-corrected chi connectivity index (χ0v) is 46.4. The van der Waals surface area contributed by atoms with Crippen LogP contribution in [0.15, 0.2) is 60.7 Å². The molecule has 0 bridgehead atoms. The van der Waals surface area contributed by atoms with Gasteiger partial charge >= 0.3 is 23.9 Å². The summed E-state index contributed by atoms with van der Waals surface area (Å²) < 4.78 is 24.2. The highest BCUT2D eigenvalue weighted by atomic mass is 16.6. The van der Waals surface area contributed by atoms with Crippen LogP contribution in [0.1, 0.15) is 134 Å². The molecule has 1 heterocycles. The van der Waals surface area contributed by atoms with Gasteiger partial charge in [-0.1, -0.05) is 144 Å². The van der Waals surface area contributed by atoms with Crippen LogP contribution in [0.4, 0.5) is 0 Å². The number of cyclic esters (lactones) is 4. The molecule has 3 amide bonds. The number of benzene rings is 2. The Labute approximate surface area is 426 Å². The van der Waals surface area contributed by atoms with E-state index in [0.717, 1.165) is 5.56 Å². The quantitative estimate of drug-likeness (QED) is 0.148. The van der Waals surface area contributed by atoms with E-state index in [9.17, 15) is 33.6 Å². The minimum absolute atomic E-state index is 0.00797. The van der Waals surface area contributed by atoms with Crippen molar-refractivity contribution in [2.45, 2.75) is 184 Å². The fourth-order valence-electron chi connectivity index (χ4n) is 8.28. The molecule has 1 aliphatic rings. The van der Waals surface area contributed by atoms with Gasteiger partial charge in [0, 0.05) is 40.5 Å². The molecule has 0 N–H and O–H groups in total. The lowest BCUT2D eigenvalue weighted by Gasteiger charge is -2.35. The molecule has 0 spiro atoms. The molecule has 71 heavy (non-hydrogen) atoms. The molecule has 1 fully saturated rings. The maximum absolute atomic E-state index is 14.6. The largest absolute Gasteiger partial charge is 0.460 e. The van der Waals surface area contributed by atoms with E-state index in [1.54, 1.807) is 43.1 Å². The van der Waals surface area contributed by atoms with Crippen molar-refractivity contribution >= 4 is 41.6 Å². The molecular formula is C56H90N4O11. The first kappa shape index (κ1) is 63.7. The summed E-state index contributed by atoms with van der Waals surface area (Å²) >= 11 is 0. The van der Waals surface area contributed by atoms with Gasteiger partial charge in [-0.05, 0) is 81.4 Å². The van der Waals surface area contributed by atoms with Crippen molar-refractivity contribution < 1.29 is 52.5 Å². The molecule has 0 aromatic heterocycles. The van der Waals surface area contributed by atoms with Gasteiger partial charge in [-0.25, -0.2) is 14.4 Å². The molecule has 1 aliphatic heterocycles. The summed E-state index contributed by atoms with van der Waals surface area (Å²) in [7, 11) is 6.06. The molecule has 15 nitrogen and oxygen atoms in total. The Morgan fingerprint density at radius 2 is 0.732 bits per heavy atom. The predicted octanol–water partition coefficient (Wildman–Crippen LogP) is 8.19. The Morgan fingerprint density at radius 1 is 0.437 bits per heavy atom. The van der Waals surface area contributed by atoms with Crippen LogP contribution in [0.3, 0.4) is 0 Å². The molecule has 15 heteroatoms. The van der Waals surface area contributed by atoms with E-state index in [2.05, 4.69) is 0 Å². The lowest BCUT2D eigenvalue weighted by atomic mass is 10.00. The van der Waals surface area contributed by atoms with Crippen molar-refractivity contribution in [3.8, 4) is 0 Å². The Balaban J connectivity index is 0.00000613. The number of hydrogen-bond acceptors (Lipinski definition) is 12. The number of esters is 4. The Kier molecular flexibility index (Phi) is 28.6. The number of likely N-dealkylation sites (N-methyl/N-ethyl adjacent to an activating group) is 4. The van der Waals surface area contributed by atoms with Gasteiger partial charge in [-0.2, -0.15) is 0 Å². The van der Waals surface area contributed by atoms with Gasteiger partial charge in [0.15, 0.2) is 18.3 Å². The van der Waals surface area contributed by atoms with E-state index in [1.165, 1.54) is 42.8 Å². The molecule has 0 unspecified atom stereocenters. The van der Waals surface area contributed by atoms with E-state index in [4.69, 9.17) is 18.9 Å². The standard InChI is InChI=1S/C52H78N4O11.2C2H6/c1-32(2)25-40-49(60)66-44(29-38-21-17-15-18-22-38)47(58)56(14)42(27-34(5)6)51(62)65-37(10)46(57)54(12)43(28-35(7)8)52(63)67-45(30-39-23-19-16-20-24-39)48(59)55(13)41(26-33(3)4)50(61)64-36(9)31-53(40)11;2*1-2/h15-24,32-37,40-45H,25-31H2,1-14H3;2*1-2H3/t36-,37-,40+,41+,42+,43+,44-,45-;;/m1../s1. The summed E-state index contributed by atoms with van der Waals surface area (Å²) in [4.78, 5) is 106. The third-order valence-corrected chi connectivity index (χ3v) is 11.9. The van der Waals surface area contributed by atoms with Gasteiger partial charge in [-0.15, -0.1) is 0 Å². The van der Waals surface area contributed by atoms with Crippen LogP contribution >= 0.6 is 0 Å². The summed E-state index contributed by atoms with van der Waals surface area (Å²) in [6.45, 7) is 26.4. The van der Waals surface area contributed by atoms with Crippen molar-refractivity contribution in [3.05, 3.63) is 71.8 Å². The second-order valence-corrected chi connectivity index (χ2v) is 19.9. The van der Waals surface area contributed by atoms with E-state index < -0.39 is 90.2 Å². The molecule has 0 radical (unpaired) electrons. The van der Waals surface area contributed by atoms with E-state index in [-0.39, 0.29) is 62.3 Å². The summed E-state index contributed by atoms with van der Waals surface area (Å²) in [6.07, 6.45) is -4.08. The van der Waals surface area contributed by atoms with Crippen LogP contribution in [0.2, 0.25) is 0 Å². The lowest BCUT2D eigenvalue weighted by molar-refractivity contribution is -0.174. The average Bonchev–Trinajstić information content (AvgIpc) is 3.32. The van der Waals surface area contributed by atoms with Crippen molar-refractivity contribution in [1.29, 1.82) is 0 Å². The second-order valence-electron chi connectivity index (χ2n) is 19.9. The molecule has 8 atom stereocenters. The molecule has 0 saturated carbocycles. The summed E-state index contributed by atoms with van der Waals surface area (Å²) in [5.41, 5.74) is 1.41. The first-order valence-corrected chi connectivity index (χ1v) is 25.8. The highest BCUT2D eigenvalue weighted by Gasteiger charge is 2.42. The summed E-state index contributed by atoms with van der Waals surface area (Å²) in [5.74, 6) is -5.32. The molecule has 400 valence electrons. The number of ether oxygens (including phenoxy) is 4. The zero-order chi connectivity index (χ0) is 54.3. The average molecular weight is 995 g/mol. The summed E-state index contributed by atoms with van der Waals surface area (Å²) in [6, 6.07) is 13.8. The molecule has 3 rings (SSSR count). The van der Waals surface area contributed by atoms with Crippen LogP contribution in [-0.4, -0.2) is 145 Å². The number of hydrogen-bond donors (Lipinski definition) is 0. The van der Waals surface area contributed by atoms with Gasteiger partial charge in [0.2, 0.25) is 0 Å². The third kappa shape index (κ3) is 20.7. The lowest BCUT2D eigenvalue weighted by Crippen LogP contribution is -2.54. The van der Waals surface area contributed by atoms with Crippen LogP contribution in [0.5, 0.6) is 0 Å². The smallest absolute Gasteiger partial charge is 0.329 e. The number of amides is 3. The topological polar surface area (TPSA) is 169 Å². The highest BCUT2D eigenvalue weighted by molar-refractivity contribution is 5.93. The molecular weight excluding hydrogens is 905 g/mol. The molecule has 0 aliphatic carbocycles. The van der Waals surface area contributed by atoms with E-state index >= 15 is 0 Å². The van der Waals surface area contributed by atoms with Crippen LogP contribution in [0.25, 0.3) is 0 Å². The van der Waals surface area contributed by atoms with Crippen molar-refractivity contribution in [1.82, 2.24) is 19.6 Å². The molecule has 1 saturated heterocycles. The second kappa shape index (κ2) is 31.9. The van der Waals surface area contributed by atoms with Gasteiger partial charge < -0.3 is 33.6 Å². The highest BCUT2D eigenvalue weighted by Crippen LogP contribution is 2.24. The van der Waals surface area contributed by atoms with Crippen LogP contribution in [-0.2, 0) is 65.4 Å². The SMILES string of the molecule is CC.CC.CC(C)C[C@H]1C(=O)O[C@H](Cc2ccccc2)C(=O)N(C)[C@@H](CC(C)C)C(=O)O[C@H](C)C(=O)N(C)[C@@H](CC(C)C)C(=O)O[C@H](Cc2ccccc2)C(=O)N(C)[C@@H](CC(C)C)C(=O)O[C@H](C)CN1C. The predicted molar refractivity (Wildman–Crippen MR) is 278 cm³/mol. The fraction of sp³-hybridized carbons (Fsp3) is 0.661. The van der Waals surface area contributed by atoms with Gasteiger partial charge in [0.05, 0.1) is 0 Å². The Hall–Kier alpha value is -5.31. The van der Waals surface area contributed by atoms with Gasteiger partial charge in [0.1, 0.15) is 30.3 Å². The van der Waals surface area contributed by atoms with Gasteiger partial charge in [-0.3, -0.25) is 24.1 Å². The van der Waals surface area contributed by atoms with Gasteiger partial charge in [0.25, 0.3) is 17.7 Å². The summed E-state index contributed by atoms with van der Waals surface area (Å²) in [5, 5.41) is 0. The van der Waals surface area contributed by atoms with E-state index in [0.29, 0.717) is 12.0 Å². The van der Waals surface area contributed by atoms with Crippen molar-refractivity contribution in [2.24, 2.45) is 23.7 Å². The maximum atomic E-state index is 14.6. The zero-order valence-electron chi connectivity index (χ0n) is 46.4. The third-order valence-electron chi connectivity index (χ3n) is 11.9. The number of nitrogens with zero attached hydrogens (tertiary/aromatic N) is 4. The van der Waals surface area contributed by atoms with Crippen LogP contribution < -0.4 is 0 Å². The minimum atomic E-state index is -1.41. The molecule has 2 aromatic carbocycles. The Bertz CT molecular complexity index is 1940. The van der Waals surface area contributed by atoms with E-state index in [1.807, 2.05) is 119 Å². The maximum Gasteiger partial charge on any atom is 0.329 e. The normalized spacial score (nSPS) is 24.4. The first-order chi connectivity index (χ1) is 33.4. The first-order valence-electron chi connectivity index (χ1n) is 25.8. The Morgan fingerprint density at radius 3 is 1.08 bits per heavy atom. The number of carbonyl (C=O) groups is 7.